The van der Waals surface area contributed by atoms with Crippen LogP contribution in [0.2, 0.25) is 0 Å². The van der Waals surface area contributed by atoms with Crippen LogP contribution in [0.25, 0.3) is 10.4 Å². The van der Waals surface area contributed by atoms with Gasteiger partial charge < -0.3 is 10.1 Å². The fraction of sp³-hybridized carbons (Fsp3) is 0.462. The first-order valence-electron chi connectivity index (χ1n) is 6.31. The molecule has 6 heteroatoms. The van der Waals surface area contributed by atoms with E-state index in [0.717, 1.165) is 24.8 Å². The van der Waals surface area contributed by atoms with Gasteiger partial charge in [-0.2, -0.15) is 0 Å². The maximum Gasteiger partial charge on any atom is 0.407 e. The zero-order valence-electron chi connectivity index (χ0n) is 10.5. The molecule has 6 nitrogen and oxygen atoms in total. The number of nitrogens with zero attached hydrogens (tertiary/aromatic N) is 3. The number of amides is 1. The molecule has 1 N–H and O–H groups in total. The number of carbonyl (C=O) groups excluding carboxylic acids is 1. The Labute approximate surface area is 111 Å². The summed E-state index contributed by atoms with van der Waals surface area (Å²) >= 11 is 0. The molecule has 1 aromatic rings. The number of alkyl carbamates (subject to hydrolysis) is 1. The molecule has 0 aromatic heterocycles. The average molecular weight is 260 g/mol. The van der Waals surface area contributed by atoms with Gasteiger partial charge in [-0.05, 0) is 23.9 Å². The van der Waals surface area contributed by atoms with E-state index in [2.05, 4.69) is 15.3 Å². The van der Waals surface area contributed by atoms with E-state index in [1.807, 2.05) is 30.3 Å². The molecule has 0 aliphatic heterocycles. The van der Waals surface area contributed by atoms with Crippen molar-refractivity contribution in [2.75, 3.05) is 0 Å². The molecule has 0 unspecified atom stereocenters. The van der Waals surface area contributed by atoms with Gasteiger partial charge in [-0.25, -0.2) is 4.79 Å². The molecule has 0 spiro atoms. The average Bonchev–Trinajstić information content (AvgIpc) is 2.85. The van der Waals surface area contributed by atoms with Gasteiger partial charge in [0.15, 0.2) is 0 Å². The molecule has 19 heavy (non-hydrogen) atoms. The molecule has 2 atom stereocenters. The molecule has 1 saturated carbocycles. The SMILES string of the molecule is [N-]=[N+]=N[C@@H]1CCC[C@H]1NC(=O)OCc1ccccc1. The molecule has 2 rings (SSSR count). The fourth-order valence-corrected chi connectivity index (χ4v) is 2.23. The van der Waals surface area contributed by atoms with E-state index in [9.17, 15) is 4.79 Å². The smallest absolute Gasteiger partial charge is 0.407 e. The quantitative estimate of drug-likeness (QED) is 0.512. The van der Waals surface area contributed by atoms with E-state index in [0.29, 0.717) is 0 Å². The Morgan fingerprint density at radius 1 is 1.42 bits per heavy atom. The van der Waals surface area contributed by atoms with Crippen molar-refractivity contribution in [3.05, 3.63) is 46.3 Å². The molecular weight excluding hydrogens is 244 g/mol. The summed E-state index contributed by atoms with van der Waals surface area (Å²) in [6.07, 6.45) is 2.12. The fourth-order valence-electron chi connectivity index (χ4n) is 2.23. The predicted octanol–water partition coefficient (Wildman–Crippen LogP) is 3.14. The van der Waals surface area contributed by atoms with Gasteiger partial charge in [-0.3, -0.25) is 0 Å². The first kappa shape index (κ1) is 13.2. The van der Waals surface area contributed by atoms with Crippen LogP contribution in [0.3, 0.4) is 0 Å². The summed E-state index contributed by atoms with van der Waals surface area (Å²) in [6.45, 7) is 0.242. The van der Waals surface area contributed by atoms with Crippen molar-refractivity contribution < 1.29 is 9.53 Å². The largest absolute Gasteiger partial charge is 0.445 e. The Morgan fingerprint density at radius 2 is 2.21 bits per heavy atom. The normalized spacial score (nSPS) is 21.5. The second-order valence-corrected chi connectivity index (χ2v) is 4.52. The number of rotatable bonds is 4. The number of hydrogen-bond donors (Lipinski definition) is 1. The van der Waals surface area contributed by atoms with Gasteiger partial charge in [-0.15, -0.1) is 0 Å². The summed E-state index contributed by atoms with van der Waals surface area (Å²) in [5.74, 6) is 0. The third-order valence-corrected chi connectivity index (χ3v) is 3.20. The van der Waals surface area contributed by atoms with Crippen LogP contribution >= 0.6 is 0 Å². The molecule has 1 aliphatic carbocycles. The minimum atomic E-state index is -0.464. The first-order chi connectivity index (χ1) is 9.29. The summed E-state index contributed by atoms with van der Waals surface area (Å²) in [5, 5.41) is 6.44. The number of nitrogens with one attached hydrogen (secondary N) is 1. The highest BCUT2D eigenvalue weighted by Gasteiger charge is 2.27. The van der Waals surface area contributed by atoms with Gasteiger partial charge in [0.25, 0.3) is 0 Å². The second kappa shape index (κ2) is 6.66. The minimum absolute atomic E-state index is 0.112. The molecule has 0 radical (unpaired) electrons. The number of ether oxygens (including phenoxy) is 1. The lowest BCUT2D eigenvalue weighted by Gasteiger charge is -2.16. The van der Waals surface area contributed by atoms with Crippen molar-refractivity contribution in [2.45, 2.75) is 38.0 Å². The zero-order chi connectivity index (χ0) is 13.5. The van der Waals surface area contributed by atoms with Gasteiger partial charge in [0.1, 0.15) is 6.61 Å². The third-order valence-electron chi connectivity index (χ3n) is 3.20. The lowest BCUT2D eigenvalue weighted by atomic mass is 10.2. The van der Waals surface area contributed by atoms with Crippen molar-refractivity contribution in [1.82, 2.24) is 5.32 Å². The highest BCUT2D eigenvalue weighted by atomic mass is 16.5. The standard InChI is InChI=1S/C13H16N4O2/c14-17-16-12-8-4-7-11(12)15-13(18)19-9-10-5-2-1-3-6-10/h1-3,5-6,11-12H,4,7-9H2,(H,15,18)/t11-,12-/m1/s1. The van der Waals surface area contributed by atoms with Gasteiger partial charge in [0, 0.05) is 11.0 Å². The van der Waals surface area contributed by atoms with Gasteiger partial charge in [0.2, 0.25) is 0 Å². The molecule has 1 aliphatic rings. The van der Waals surface area contributed by atoms with Crippen LogP contribution in [0.1, 0.15) is 24.8 Å². The molecule has 1 aromatic carbocycles. The lowest BCUT2D eigenvalue weighted by molar-refractivity contribution is 0.135. The zero-order valence-corrected chi connectivity index (χ0v) is 10.5. The highest BCUT2D eigenvalue weighted by Crippen LogP contribution is 2.22. The van der Waals surface area contributed by atoms with Gasteiger partial charge in [0.05, 0.1) is 6.04 Å². The van der Waals surface area contributed by atoms with Crippen LogP contribution in [0.15, 0.2) is 35.4 Å². The van der Waals surface area contributed by atoms with Crippen LogP contribution < -0.4 is 5.32 Å². The maximum atomic E-state index is 11.7. The van der Waals surface area contributed by atoms with Crippen molar-refractivity contribution in [3.63, 3.8) is 0 Å². The first-order valence-corrected chi connectivity index (χ1v) is 6.31. The Balaban J connectivity index is 1.79. The molecule has 1 amide bonds. The van der Waals surface area contributed by atoms with E-state index in [1.54, 1.807) is 0 Å². The number of azide groups is 1. The van der Waals surface area contributed by atoms with E-state index < -0.39 is 6.09 Å². The van der Waals surface area contributed by atoms with Crippen molar-refractivity contribution >= 4 is 6.09 Å². The summed E-state index contributed by atoms with van der Waals surface area (Å²) in [7, 11) is 0. The predicted molar refractivity (Wildman–Crippen MR) is 70.3 cm³/mol. The topological polar surface area (TPSA) is 87.1 Å². The van der Waals surface area contributed by atoms with Crippen LogP contribution in [-0.2, 0) is 11.3 Å². The van der Waals surface area contributed by atoms with Crippen molar-refractivity contribution in [1.29, 1.82) is 0 Å². The van der Waals surface area contributed by atoms with Gasteiger partial charge >= 0.3 is 6.09 Å². The Bertz CT molecular complexity index is 471. The summed E-state index contributed by atoms with van der Waals surface area (Å²) < 4.78 is 5.13. The van der Waals surface area contributed by atoms with E-state index >= 15 is 0 Å². The van der Waals surface area contributed by atoms with Crippen LogP contribution in [0, 0.1) is 0 Å². The maximum absolute atomic E-state index is 11.7. The number of benzene rings is 1. The third kappa shape index (κ3) is 3.89. The molecular formula is C13H16N4O2. The van der Waals surface area contributed by atoms with Crippen LogP contribution in [-0.4, -0.2) is 18.2 Å². The Kier molecular flexibility index (Phi) is 4.64. The highest BCUT2D eigenvalue weighted by molar-refractivity contribution is 5.67. The Morgan fingerprint density at radius 3 is 2.95 bits per heavy atom. The molecule has 0 saturated heterocycles. The van der Waals surface area contributed by atoms with E-state index in [4.69, 9.17) is 10.3 Å². The molecule has 0 heterocycles. The summed E-state index contributed by atoms with van der Waals surface area (Å²) in [5.41, 5.74) is 9.39. The van der Waals surface area contributed by atoms with Crippen molar-refractivity contribution in [2.24, 2.45) is 5.11 Å². The second-order valence-electron chi connectivity index (χ2n) is 4.52. The van der Waals surface area contributed by atoms with Crippen LogP contribution in [0.5, 0.6) is 0 Å². The number of hydrogen-bond acceptors (Lipinski definition) is 3. The van der Waals surface area contributed by atoms with Crippen LogP contribution in [0.4, 0.5) is 4.79 Å². The molecule has 1 fully saturated rings. The summed E-state index contributed by atoms with van der Waals surface area (Å²) in [6, 6.07) is 9.22. The summed E-state index contributed by atoms with van der Waals surface area (Å²) in [4.78, 5) is 14.5. The van der Waals surface area contributed by atoms with Crippen molar-refractivity contribution in [3.8, 4) is 0 Å². The minimum Gasteiger partial charge on any atom is -0.445 e. The lowest BCUT2D eigenvalue weighted by Crippen LogP contribution is -2.39. The Hall–Kier alpha value is -2.20. The van der Waals surface area contributed by atoms with E-state index in [1.165, 1.54) is 0 Å². The van der Waals surface area contributed by atoms with E-state index in [-0.39, 0.29) is 18.7 Å². The van der Waals surface area contributed by atoms with Gasteiger partial charge in [-0.1, -0.05) is 41.9 Å². The monoisotopic (exact) mass is 260 g/mol. The molecule has 0 bridgehead atoms. The molecule has 100 valence electrons. The number of carbonyl (C=O) groups is 1.